The second kappa shape index (κ2) is 4.78. The van der Waals surface area contributed by atoms with E-state index < -0.39 is 11.8 Å². The number of amides is 2. The molecule has 0 radical (unpaired) electrons. The van der Waals surface area contributed by atoms with Crippen LogP contribution >= 0.6 is 11.6 Å². The van der Waals surface area contributed by atoms with Gasteiger partial charge in [0, 0.05) is 6.54 Å². The van der Waals surface area contributed by atoms with Gasteiger partial charge in [0.05, 0.1) is 5.02 Å². The first-order valence-electron chi connectivity index (χ1n) is 3.82. The molecule has 1 aromatic rings. The summed E-state index contributed by atoms with van der Waals surface area (Å²) in [5, 5.41) is 2.46. The van der Waals surface area contributed by atoms with Crippen molar-refractivity contribution in [2.24, 2.45) is 5.84 Å². The molecule has 2 amide bonds. The molecule has 0 aliphatic carbocycles. The number of urea groups is 1. The first-order valence-corrected chi connectivity index (χ1v) is 4.19. The van der Waals surface area contributed by atoms with Gasteiger partial charge in [0.1, 0.15) is 5.82 Å². The minimum Gasteiger partial charge on any atom is -0.333 e. The fourth-order valence-electron chi connectivity index (χ4n) is 0.883. The molecule has 1 aromatic carbocycles. The molecule has 0 atom stereocenters. The van der Waals surface area contributed by atoms with E-state index in [1.54, 1.807) is 0 Å². The van der Waals surface area contributed by atoms with Crippen molar-refractivity contribution in [3.05, 3.63) is 34.6 Å². The topological polar surface area (TPSA) is 67.1 Å². The van der Waals surface area contributed by atoms with Crippen molar-refractivity contribution in [2.75, 3.05) is 0 Å². The monoisotopic (exact) mass is 217 g/mol. The molecule has 6 heteroatoms. The standard InChI is InChI=1S/C8H9ClFN3O/c9-6-3-5(1-2-7(6)10)4-12-8(14)13-11/h1-3H,4,11H2,(H2,12,13,14). The van der Waals surface area contributed by atoms with Crippen LogP contribution in [0.3, 0.4) is 0 Å². The summed E-state index contributed by atoms with van der Waals surface area (Å²) in [7, 11) is 0. The van der Waals surface area contributed by atoms with Crippen molar-refractivity contribution in [3.8, 4) is 0 Å². The molecule has 0 aliphatic rings. The summed E-state index contributed by atoms with van der Waals surface area (Å²) in [6, 6.07) is 3.69. The van der Waals surface area contributed by atoms with E-state index in [4.69, 9.17) is 17.4 Å². The highest BCUT2D eigenvalue weighted by atomic mass is 35.5. The molecule has 14 heavy (non-hydrogen) atoms. The lowest BCUT2D eigenvalue weighted by molar-refractivity contribution is 0.241. The number of nitrogens with two attached hydrogens (primary N) is 1. The highest BCUT2D eigenvalue weighted by molar-refractivity contribution is 6.30. The Morgan fingerprint density at radius 1 is 1.57 bits per heavy atom. The number of rotatable bonds is 2. The highest BCUT2D eigenvalue weighted by Crippen LogP contribution is 2.15. The van der Waals surface area contributed by atoms with E-state index in [0.717, 1.165) is 0 Å². The van der Waals surface area contributed by atoms with Crippen molar-refractivity contribution < 1.29 is 9.18 Å². The van der Waals surface area contributed by atoms with Crippen LogP contribution in [0.15, 0.2) is 18.2 Å². The quantitative estimate of drug-likeness (QED) is 0.395. The number of hydrogen-bond acceptors (Lipinski definition) is 2. The molecule has 0 spiro atoms. The number of halogens is 2. The zero-order valence-electron chi connectivity index (χ0n) is 7.18. The molecule has 0 bridgehead atoms. The molecule has 0 aromatic heterocycles. The van der Waals surface area contributed by atoms with Gasteiger partial charge in [-0.1, -0.05) is 17.7 Å². The third kappa shape index (κ3) is 2.86. The summed E-state index contributed by atoms with van der Waals surface area (Å²) in [5.41, 5.74) is 2.60. The van der Waals surface area contributed by atoms with Crippen LogP contribution in [0.4, 0.5) is 9.18 Å². The molecule has 4 N–H and O–H groups in total. The van der Waals surface area contributed by atoms with Crippen molar-refractivity contribution in [1.29, 1.82) is 0 Å². The molecule has 1 rings (SSSR count). The van der Waals surface area contributed by atoms with Crippen LogP contribution in [0.2, 0.25) is 5.02 Å². The Morgan fingerprint density at radius 3 is 2.86 bits per heavy atom. The smallest absolute Gasteiger partial charge is 0.329 e. The fraction of sp³-hybridized carbons (Fsp3) is 0.125. The lowest BCUT2D eigenvalue weighted by atomic mass is 10.2. The Balaban J connectivity index is 2.60. The zero-order valence-corrected chi connectivity index (χ0v) is 7.94. The Morgan fingerprint density at radius 2 is 2.29 bits per heavy atom. The summed E-state index contributed by atoms with van der Waals surface area (Å²) in [5.74, 6) is 4.35. The van der Waals surface area contributed by atoms with E-state index in [1.165, 1.54) is 18.2 Å². The number of hydrazine groups is 1. The van der Waals surface area contributed by atoms with Gasteiger partial charge in [-0.3, -0.25) is 5.43 Å². The van der Waals surface area contributed by atoms with Crippen molar-refractivity contribution in [1.82, 2.24) is 10.7 Å². The highest BCUT2D eigenvalue weighted by Gasteiger charge is 2.01. The molecule has 4 nitrogen and oxygen atoms in total. The molecular formula is C8H9ClFN3O. The maximum Gasteiger partial charge on any atom is 0.329 e. The molecular weight excluding hydrogens is 209 g/mol. The van der Waals surface area contributed by atoms with Gasteiger partial charge < -0.3 is 5.32 Å². The minimum atomic E-state index is -0.509. The lowest BCUT2D eigenvalue weighted by Gasteiger charge is -2.04. The molecule has 0 heterocycles. The third-order valence-electron chi connectivity index (χ3n) is 1.57. The summed E-state index contributed by atoms with van der Waals surface area (Å²) in [4.78, 5) is 10.7. The second-order valence-electron chi connectivity index (χ2n) is 2.58. The number of hydrogen-bond donors (Lipinski definition) is 3. The van der Waals surface area contributed by atoms with Crippen LogP contribution in [-0.4, -0.2) is 6.03 Å². The van der Waals surface area contributed by atoms with Gasteiger partial charge in [0.2, 0.25) is 0 Å². The Hall–Kier alpha value is -1.33. The maximum absolute atomic E-state index is 12.7. The number of carbonyl (C=O) groups is 1. The molecule has 0 saturated heterocycles. The van der Waals surface area contributed by atoms with Crippen LogP contribution < -0.4 is 16.6 Å². The van der Waals surface area contributed by atoms with Gasteiger partial charge in [-0.15, -0.1) is 0 Å². The van der Waals surface area contributed by atoms with Gasteiger partial charge in [-0.2, -0.15) is 0 Å². The predicted molar refractivity (Wildman–Crippen MR) is 51.0 cm³/mol. The fourth-order valence-corrected chi connectivity index (χ4v) is 1.09. The van der Waals surface area contributed by atoms with E-state index in [2.05, 4.69) is 5.32 Å². The van der Waals surface area contributed by atoms with Crippen LogP contribution in [0.1, 0.15) is 5.56 Å². The van der Waals surface area contributed by atoms with Crippen LogP contribution in [0.5, 0.6) is 0 Å². The van der Waals surface area contributed by atoms with E-state index in [1.807, 2.05) is 5.43 Å². The average Bonchev–Trinajstić information content (AvgIpc) is 2.19. The Bertz CT molecular complexity index is 345. The maximum atomic E-state index is 12.7. The van der Waals surface area contributed by atoms with Gasteiger partial charge in [0.15, 0.2) is 0 Å². The minimum absolute atomic E-state index is 0.0254. The predicted octanol–water partition coefficient (Wildman–Crippen LogP) is 1.15. The molecule has 0 aliphatic heterocycles. The second-order valence-corrected chi connectivity index (χ2v) is 2.98. The van der Waals surface area contributed by atoms with E-state index in [0.29, 0.717) is 5.56 Å². The normalized spacial score (nSPS) is 9.64. The Kier molecular flexibility index (Phi) is 3.67. The van der Waals surface area contributed by atoms with Gasteiger partial charge >= 0.3 is 6.03 Å². The van der Waals surface area contributed by atoms with Gasteiger partial charge in [0.25, 0.3) is 0 Å². The molecule has 0 saturated carbocycles. The number of nitrogens with one attached hydrogen (secondary N) is 2. The van der Waals surface area contributed by atoms with Gasteiger partial charge in [-0.25, -0.2) is 15.0 Å². The van der Waals surface area contributed by atoms with Crippen LogP contribution in [0.25, 0.3) is 0 Å². The largest absolute Gasteiger partial charge is 0.333 e. The third-order valence-corrected chi connectivity index (χ3v) is 1.86. The average molecular weight is 218 g/mol. The summed E-state index contributed by atoms with van der Waals surface area (Å²) in [6.45, 7) is 0.239. The zero-order chi connectivity index (χ0) is 10.6. The summed E-state index contributed by atoms with van der Waals surface area (Å²) < 4.78 is 12.7. The van der Waals surface area contributed by atoms with Crippen LogP contribution in [-0.2, 0) is 6.54 Å². The summed E-state index contributed by atoms with van der Waals surface area (Å²) in [6.07, 6.45) is 0. The van der Waals surface area contributed by atoms with E-state index >= 15 is 0 Å². The van der Waals surface area contributed by atoms with Crippen molar-refractivity contribution >= 4 is 17.6 Å². The molecule has 76 valence electrons. The van der Waals surface area contributed by atoms with Crippen molar-refractivity contribution in [2.45, 2.75) is 6.54 Å². The van der Waals surface area contributed by atoms with Crippen LogP contribution in [0, 0.1) is 5.82 Å². The van der Waals surface area contributed by atoms with Gasteiger partial charge in [-0.05, 0) is 17.7 Å². The lowest BCUT2D eigenvalue weighted by Crippen LogP contribution is -2.39. The van der Waals surface area contributed by atoms with E-state index in [-0.39, 0.29) is 11.6 Å². The van der Waals surface area contributed by atoms with E-state index in [9.17, 15) is 9.18 Å². The summed E-state index contributed by atoms with van der Waals surface area (Å²) >= 11 is 5.53. The molecule has 0 fully saturated rings. The van der Waals surface area contributed by atoms with Crippen molar-refractivity contribution in [3.63, 3.8) is 0 Å². The SMILES string of the molecule is NNC(=O)NCc1ccc(F)c(Cl)c1. The molecule has 0 unspecified atom stereocenters. The Labute approximate surface area is 85.2 Å². The first kappa shape index (κ1) is 10.7. The number of carbonyl (C=O) groups excluding carboxylic acids is 1. The number of benzene rings is 1. The first-order chi connectivity index (χ1) is 6.63.